The Morgan fingerprint density at radius 1 is 1.30 bits per heavy atom. The summed E-state index contributed by atoms with van der Waals surface area (Å²) >= 11 is 0. The third-order valence-corrected chi connectivity index (χ3v) is 4.48. The molecule has 0 aliphatic heterocycles. The third kappa shape index (κ3) is 11.5. The fraction of sp³-hybridized carbons (Fsp3) is 0.611. The second-order valence-electron chi connectivity index (χ2n) is 5.54. The number of pyridine rings is 1. The number of rotatable bonds is 15. The van der Waals surface area contributed by atoms with Crippen LogP contribution in [0.25, 0.3) is 4.85 Å². The second-order valence-corrected chi connectivity index (χ2v) is 6.94. The highest BCUT2D eigenvalue weighted by molar-refractivity contribution is 7.46. The van der Waals surface area contributed by atoms with Gasteiger partial charge in [-0.15, -0.1) is 0 Å². The molecule has 0 aliphatic carbocycles. The number of nitrogens with one attached hydrogen (secondary N) is 2. The highest BCUT2D eigenvalue weighted by Crippen LogP contribution is 2.33. The van der Waals surface area contributed by atoms with E-state index in [-0.39, 0.29) is 12.8 Å². The van der Waals surface area contributed by atoms with Crippen molar-refractivity contribution in [1.82, 2.24) is 15.8 Å². The Hall–Kier alpha value is -1.78. The van der Waals surface area contributed by atoms with Crippen molar-refractivity contribution in [3.05, 3.63) is 35.3 Å². The zero-order valence-corrected chi connectivity index (χ0v) is 16.7. The van der Waals surface area contributed by atoms with Gasteiger partial charge in [0.05, 0.1) is 12.2 Å². The lowest BCUT2D eigenvalue weighted by molar-refractivity contribution is 0.0952. The molecule has 1 aromatic rings. The molecule has 1 rings (SSSR count). The van der Waals surface area contributed by atoms with Gasteiger partial charge in [-0.05, 0) is 25.8 Å². The van der Waals surface area contributed by atoms with Crippen LogP contribution in [0.5, 0.6) is 5.88 Å². The Bertz CT molecular complexity index is 586. The Kier molecular flexibility index (Phi) is 12.2. The highest BCUT2D eigenvalue weighted by Gasteiger charge is 2.06. The van der Waals surface area contributed by atoms with Gasteiger partial charge < -0.3 is 24.0 Å². The third-order valence-electron chi connectivity index (χ3n) is 3.38. The zero-order chi connectivity index (χ0) is 20.5. The van der Waals surface area contributed by atoms with E-state index in [1.165, 1.54) is 6.20 Å². The lowest BCUT2D eigenvalue weighted by Gasteiger charge is -2.11. The average Bonchev–Trinajstić information content (AvgIpc) is 2.70. The average molecular weight is 398 g/mol. The zero-order valence-electron chi connectivity index (χ0n) is 16.8. The first kappa shape index (κ1) is 21.5. The molecule has 0 aliphatic rings. The largest absolute Gasteiger partial charge is 0.388 e. The number of hydrogen-bond donors (Lipinski definition) is 2. The molecular formula is C18H29N4O4P. The summed E-state index contributed by atoms with van der Waals surface area (Å²) in [5, 5.41) is 2.88. The van der Waals surface area contributed by atoms with Crippen LogP contribution >= 0.6 is 8.38 Å². The predicted molar refractivity (Wildman–Crippen MR) is 106 cm³/mol. The fourth-order valence-electron chi connectivity index (χ4n) is 2.03. The molecule has 0 radical (unpaired) electrons. The predicted octanol–water partition coefficient (Wildman–Crippen LogP) is 3.17. The van der Waals surface area contributed by atoms with Crippen LogP contribution in [0.1, 0.15) is 44.3 Å². The SMILES string of the molecule is [3H]CCNOc1ccc(C(=O)NCCCCCCOP(C)OCC[N+]#[C-])cn1. The van der Waals surface area contributed by atoms with E-state index >= 15 is 0 Å². The van der Waals surface area contributed by atoms with Crippen LogP contribution in [0.3, 0.4) is 0 Å². The molecule has 0 saturated heterocycles. The van der Waals surface area contributed by atoms with Crippen molar-refractivity contribution in [2.24, 2.45) is 0 Å². The summed E-state index contributed by atoms with van der Waals surface area (Å²) in [5.41, 5.74) is 3.09. The topological polar surface area (TPSA) is 86.1 Å². The Morgan fingerprint density at radius 2 is 2.11 bits per heavy atom. The summed E-state index contributed by atoms with van der Waals surface area (Å²) in [4.78, 5) is 24.4. The Labute approximate surface area is 164 Å². The molecule has 1 heterocycles. The van der Waals surface area contributed by atoms with Crippen molar-refractivity contribution in [2.75, 3.05) is 39.5 Å². The summed E-state index contributed by atoms with van der Waals surface area (Å²) in [6.45, 7) is 11.3. The second kappa shape index (κ2) is 15.3. The number of hydrogen-bond acceptors (Lipinski definition) is 6. The lowest BCUT2D eigenvalue weighted by Crippen LogP contribution is -2.24. The van der Waals surface area contributed by atoms with E-state index in [2.05, 4.69) is 20.6 Å². The molecule has 27 heavy (non-hydrogen) atoms. The number of amides is 1. The van der Waals surface area contributed by atoms with Crippen LogP contribution in [-0.4, -0.2) is 50.4 Å². The van der Waals surface area contributed by atoms with E-state index < -0.39 is 8.38 Å². The van der Waals surface area contributed by atoms with Crippen molar-refractivity contribution in [1.29, 1.82) is 0 Å². The van der Waals surface area contributed by atoms with Gasteiger partial charge >= 0.3 is 0 Å². The molecule has 1 unspecified atom stereocenters. The minimum absolute atomic E-state index is 0.158. The number of aromatic nitrogens is 1. The summed E-state index contributed by atoms with van der Waals surface area (Å²) in [6, 6.07) is 3.26. The first-order chi connectivity index (χ1) is 13.7. The van der Waals surface area contributed by atoms with Gasteiger partial charge in [0, 0.05) is 33.4 Å². The molecule has 1 amide bonds. The van der Waals surface area contributed by atoms with Crippen molar-refractivity contribution >= 4 is 14.3 Å². The number of hydroxylamine groups is 1. The molecule has 1 atom stereocenters. The van der Waals surface area contributed by atoms with Crippen molar-refractivity contribution in [3.63, 3.8) is 0 Å². The van der Waals surface area contributed by atoms with Gasteiger partial charge in [0.15, 0.2) is 8.38 Å². The minimum Gasteiger partial charge on any atom is -0.388 e. The molecule has 2 N–H and O–H groups in total. The van der Waals surface area contributed by atoms with Crippen LogP contribution < -0.4 is 15.6 Å². The van der Waals surface area contributed by atoms with Crippen LogP contribution in [0.15, 0.2) is 18.3 Å². The van der Waals surface area contributed by atoms with Crippen LogP contribution in [0.2, 0.25) is 0 Å². The molecule has 150 valence electrons. The smallest absolute Gasteiger partial charge is 0.252 e. The van der Waals surface area contributed by atoms with E-state index in [4.69, 9.17) is 21.8 Å². The molecule has 0 fully saturated rings. The Balaban J connectivity index is 2.04. The number of unbranched alkanes of at least 4 members (excludes halogenated alkanes) is 3. The molecule has 1 aromatic heterocycles. The number of carbonyl (C=O) groups is 1. The van der Waals surface area contributed by atoms with E-state index in [0.29, 0.717) is 44.3 Å². The van der Waals surface area contributed by atoms with Gasteiger partial charge in [-0.2, -0.15) is 5.48 Å². The lowest BCUT2D eigenvalue weighted by atomic mass is 10.2. The molecule has 0 aromatic carbocycles. The maximum absolute atomic E-state index is 12.1. The first-order valence-corrected chi connectivity index (χ1v) is 10.6. The fourth-order valence-corrected chi connectivity index (χ4v) is 2.83. The Morgan fingerprint density at radius 3 is 2.85 bits per heavy atom. The van der Waals surface area contributed by atoms with E-state index in [1.54, 1.807) is 12.1 Å². The normalized spacial score (nSPS) is 12.1. The molecule has 8 nitrogen and oxygen atoms in total. The molecule has 0 saturated carbocycles. The van der Waals surface area contributed by atoms with Crippen LogP contribution in [-0.2, 0) is 9.05 Å². The van der Waals surface area contributed by atoms with E-state index in [9.17, 15) is 4.79 Å². The maximum Gasteiger partial charge on any atom is 0.252 e. The van der Waals surface area contributed by atoms with Gasteiger partial charge in [0.25, 0.3) is 5.91 Å². The van der Waals surface area contributed by atoms with Crippen LogP contribution in [0, 0.1) is 6.57 Å². The summed E-state index contributed by atoms with van der Waals surface area (Å²) in [5.74, 6) is 0.203. The highest BCUT2D eigenvalue weighted by atomic mass is 31.2. The van der Waals surface area contributed by atoms with Crippen LogP contribution in [0.4, 0.5) is 0 Å². The van der Waals surface area contributed by atoms with Gasteiger partial charge in [0.1, 0.15) is 6.61 Å². The van der Waals surface area contributed by atoms with Crippen molar-refractivity contribution < 1.29 is 20.1 Å². The standard InChI is InChI=1S/C18H29N4O4P/c1-4-22-26-17-10-9-16(15-21-17)18(23)20-11-7-5-6-8-13-24-27(3)25-14-12-19-2/h9-10,15,22H,4-8,11-14H2,1,3H3,(H,20,23)/i1T. The van der Waals surface area contributed by atoms with E-state index in [0.717, 1.165) is 25.7 Å². The van der Waals surface area contributed by atoms with Gasteiger partial charge in [0.2, 0.25) is 12.4 Å². The summed E-state index contributed by atoms with van der Waals surface area (Å²) < 4.78 is 18.0. The molecule has 0 spiro atoms. The molecule has 9 heteroatoms. The van der Waals surface area contributed by atoms with Crippen molar-refractivity contribution in [3.8, 4) is 5.88 Å². The van der Waals surface area contributed by atoms with E-state index in [1.807, 2.05) is 6.66 Å². The molecule has 0 bridgehead atoms. The van der Waals surface area contributed by atoms with Crippen molar-refractivity contribution in [2.45, 2.75) is 32.6 Å². The van der Waals surface area contributed by atoms with Gasteiger partial charge in [-0.3, -0.25) is 4.79 Å². The summed E-state index contributed by atoms with van der Waals surface area (Å²) in [6.07, 6.45) is 5.36. The molecular weight excluding hydrogens is 367 g/mol. The monoisotopic (exact) mass is 398 g/mol. The number of nitrogens with zero attached hydrogens (tertiary/aromatic N) is 2. The maximum atomic E-state index is 12.1. The quantitative estimate of drug-likeness (QED) is 0.204. The first-order valence-electron chi connectivity index (χ1n) is 9.64. The minimum atomic E-state index is -0.889. The van der Waals surface area contributed by atoms with Gasteiger partial charge in [-0.25, -0.2) is 11.6 Å². The number of carbonyl (C=O) groups excluding carboxylic acids is 1. The van der Waals surface area contributed by atoms with Gasteiger partial charge in [-0.1, -0.05) is 12.8 Å². The summed E-state index contributed by atoms with van der Waals surface area (Å²) in [7, 11) is -0.889.